The van der Waals surface area contributed by atoms with E-state index >= 15 is 0 Å². The molecule has 3 aromatic heterocycles. The van der Waals surface area contributed by atoms with Gasteiger partial charge in [-0.05, 0) is 18.0 Å². The van der Waals surface area contributed by atoms with Crippen LogP contribution in [0.15, 0.2) is 20.8 Å². The number of fused-ring (bicyclic) bond motifs is 1. The summed E-state index contributed by atoms with van der Waals surface area (Å²) in [6, 6.07) is 0. The lowest BCUT2D eigenvalue weighted by Crippen LogP contribution is -2.21. The van der Waals surface area contributed by atoms with E-state index in [1.54, 1.807) is 0 Å². The molecule has 0 amide bonds. The zero-order valence-corrected chi connectivity index (χ0v) is 13.1. The van der Waals surface area contributed by atoms with Crippen LogP contribution in [0.4, 0.5) is 13.2 Å². The van der Waals surface area contributed by atoms with Crippen molar-refractivity contribution in [2.45, 2.75) is 20.7 Å². The number of nitrogen functional groups attached to an aromatic ring is 1. The minimum Gasteiger partial charge on any atom is -0.335 e. The summed E-state index contributed by atoms with van der Waals surface area (Å²) in [5.74, 6) is 4.13. The topological polar surface area (TPSA) is 95.4 Å². The SMILES string of the molecule is CSc1nc2ncnc(Sc3nnc(C(F)(F)F)n3N)c2s1. The fourth-order valence-electron chi connectivity index (χ4n) is 1.50. The van der Waals surface area contributed by atoms with E-state index in [4.69, 9.17) is 5.84 Å². The lowest BCUT2D eigenvalue weighted by Gasteiger charge is -2.05. The van der Waals surface area contributed by atoms with E-state index in [1.807, 2.05) is 6.26 Å². The van der Waals surface area contributed by atoms with Gasteiger partial charge in [0.1, 0.15) is 16.1 Å². The number of alkyl halides is 3. The average molecular weight is 365 g/mol. The van der Waals surface area contributed by atoms with Gasteiger partial charge in [0, 0.05) is 0 Å². The van der Waals surface area contributed by atoms with Crippen molar-refractivity contribution in [3.8, 4) is 0 Å². The fraction of sp³-hybridized carbons (Fsp3) is 0.222. The Balaban J connectivity index is 2.00. The van der Waals surface area contributed by atoms with E-state index in [0.29, 0.717) is 20.0 Å². The van der Waals surface area contributed by atoms with Gasteiger partial charge in [-0.25, -0.2) is 19.6 Å². The largest absolute Gasteiger partial charge is 0.453 e. The monoisotopic (exact) mass is 365 g/mol. The molecule has 0 aliphatic rings. The highest BCUT2D eigenvalue weighted by atomic mass is 32.2. The molecule has 0 bridgehead atoms. The molecule has 0 aromatic carbocycles. The molecule has 22 heavy (non-hydrogen) atoms. The Bertz CT molecular complexity index is 828. The number of halogens is 3. The molecule has 0 spiro atoms. The summed E-state index contributed by atoms with van der Waals surface area (Å²) >= 11 is 3.67. The van der Waals surface area contributed by atoms with Crippen LogP contribution in [0.3, 0.4) is 0 Å². The van der Waals surface area contributed by atoms with Gasteiger partial charge in [-0.1, -0.05) is 11.8 Å². The third kappa shape index (κ3) is 2.70. The second-order valence-corrected chi connectivity index (χ2v) is 6.80. The molecule has 0 atom stereocenters. The number of rotatable bonds is 3. The first kappa shape index (κ1) is 15.3. The second-order valence-electron chi connectivity index (χ2n) is 3.79. The summed E-state index contributed by atoms with van der Waals surface area (Å²) in [7, 11) is 0. The van der Waals surface area contributed by atoms with Crippen molar-refractivity contribution >= 4 is 45.2 Å². The zero-order valence-electron chi connectivity index (χ0n) is 10.7. The molecule has 0 aliphatic heterocycles. The van der Waals surface area contributed by atoms with E-state index in [0.717, 1.165) is 16.1 Å². The number of nitrogens with two attached hydrogens (primary N) is 1. The first-order chi connectivity index (χ1) is 10.4. The molecule has 3 rings (SSSR count). The summed E-state index contributed by atoms with van der Waals surface area (Å²) in [5.41, 5.74) is 0.478. The minimum atomic E-state index is -4.67. The van der Waals surface area contributed by atoms with Gasteiger partial charge in [0.25, 0.3) is 5.82 Å². The van der Waals surface area contributed by atoms with Crippen molar-refractivity contribution in [1.82, 2.24) is 29.8 Å². The molecular weight excluding hydrogens is 359 g/mol. The maximum atomic E-state index is 12.7. The summed E-state index contributed by atoms with van der Waals surface area (Å²) in [4.78, 5) is 12.3. The highest BCUT2D eigenvalue weighted by molar-refractivity contribution is 8.00. The maximum absolute atomic E-state index is 12.7. The number of thioether (sulfide) groups is 1. The number of thiazole rings is 1. The first-order valence-corrected chi connectivity index (χ1v) is 8.37. The molecule has 3 aromatic rings. The van der Waals surface area contributed by atoms with Crippen LogP contribution in [0.25, 0.3) is 10.3 Å². The van der Waals surface area contributed by atoms with Gasteiger partial charge >= 0.3 is 6.18 Å². The van der Waals surface area contributed by atoms with Gasteiger partial charge in [-0.15, -0.1) is 21.5 Å². The molecule has 2 N–H and O–H groups in total. The highest BCUT2D eigenvalue weighted by Gasteiger charge is 2.38. The summed E-state index contributed by atoms with van der Waals surface area (Å²) < 4.78 is 39.8. The normalized spacial score (nSPS) is 12.2. The van der Waals surface area contributed by atoms with E-state index in [1.165, 1.54) is 29.4 Å². The Morgan fingerprint density at radius 3 is 2.68 bits per heavy atom. The van der Waals surface area contributed by atoms with Gasteiger partial charge in [-0.3, -0.25) is 0 Å². The quantitative estimate of drug-likeness (QED) is 0.429. The van der Waals surface area contributed by atoms with Crippen LogP contribution in [-0.4, -0.2) is 36.1 Å². The Morgan fingerprint density at radius 1 is 1.27 bits per heavy atom. The van der Waals surface area contributed by atoms with Crippen molar-refractivity contribution in [2.24, 2.45) is 0 Å². The number of hydrogen-bond donors (Lipinski definition) is 1. The van der Waals surface area contributed by atoms with Crippen LogP contribution in [0.2, 0.25) is 0 Å². The van der Waals surface area contributed by atoms with Gasteiger partial charge in [0.15, 0.2) is 9.99 Å². The molecule has 0 unspecified atom stereocenters. The van der Waals surface area contributed by atoms with E-state index in [9.17, 15) is 13.2 Å². The van der Waals surface area contributed by atoms with Gasteiger partial charge in [-0.2, -0.15) is 13.2 Å². The number of nitrogens with zero attached hydrogens (tertiary/aromatic N) is 6. The van der Waals surface area contributed by atoms with Gasteiger partial charge < -0.3 is 5.84 Å². The molecule has 13 heteroatoms. The third-order valence-corrected chi connectivity index (χ3v) is 5.55. The van der Waals surface area contributed by atoms with Crippen LogP contribution in [-0.2, 0) is 6.18 Å². The Morgan fingerprint density at radius 2 is 2.05 bits per heavy atom. The van der Waals surface area contributed by atoms with Gasteiger partial charge in [0.05, 0.1) is 0 Å². The van der Waals surface area contributed by atoms with E-state index in [-0.39, 0.29) is 5.16 Å². The number of aromatic nitrogens is 6. The average Bonchev–Trinajstić information content (AvgIpc) is 3.03. The second kappa shape index (κ2) is 5.55. The first-order valence-electron chi connectivity index (χ1n) is 5.51. The standard InChI is InChI=1S/C9H6F3N7S3/c1-20-8-16-4-3(21-8)5(15-2-14-4)22-7-18-17-6(19(7)13)9(10,11)12/h2H,13H2,1H3. The van der Waals surface area contributed by atoms with Crippen molar-refractivity contribution in [3.05, 3.63) is 12.2 Å². The smallest absolute Gasteiger partial charge is 0.335 e. The summed E-state index contributed by atoms with van der Waals surface area (Å²) in [5, 5.41) is 6.84. The Hall–Kier alpha value is -1.60. The fourth-order valence-corrected chi connectivity index (χ4v) is 3.87. The molecule has 0 saturated carbocycles. The van der Waals surface area contributed by atoms with Gasteiger partial charge in [0.2, 0.25) is 5.16 Å². The zero-order chi connectivity index (χ0) is 15.9. The van der Waals surface area contributed by atoms with Crippen LogP contribution < -0.4 is 5.84 Å². The maximum Gasteiger partial charge on any atom is 0.453 e. The Labute approximate surface area is 133 Å². The molecule has 116 valence electrons. The third-order valence-electron chi connectivity index (χ3n) is 2.42. The molecule has 7 nitrogen and oxygen atoms in total. The van der Waals surface area contributed by atoms with Crippen molar-refractivity contribution in [2.75, 3.05) is 12.1 Å². The predicted octanol–water partition coefficient (Wildman–Crippen LogP) is 2.28. The summed E-state index contributed by atoms with van der Waals surface area (Å²) in [6.45, 7) is 0. The lowest BCUT2D eigenvalue weighted by atomic mass is 10.6. The van der Waals surface area contributed by atoms with Crippen LogP contribution >= 0.6 is 34.9 Å². The molecule has 0 radical (unpaired) electrons. The molecule has 0 fully saturated rings. The lowest BCUT2D eigenvalue weighted by molar-refractivity contribution is -0.146. The predicted molar refractivity (Wildman–Crippen MR) is 76.3 cm³/mol. The van der Waals surface area contributed by atoms with Crippen molar-refractivity contribution < 1.29 is 13.2 Å². The number of hydrogen-bond acceptors (Lipinski definition) is 9. The van der Waals surface area contributed by atoms with Crippen LogP contribution in [0.5, 0.6) is 0 Å². The summed E-state index contributed by atoms with van der Waals surface area (Å²) in [6.07, 6.45) is -1.52. The molecular formula is C9H6F3N7S3. The van der Waals surface area contributed by atoms with E-state index in [2.05, 4.69) is 25.1 Å². The van der Waals surface area contributed by atoms with Crippen LogP contribution in [0, 0.1) is 0 Å². The van der Waals surface area contributed by atoms with Crippen molar-refractivity contribution in [3.63, 3.8) is 0 Å². The molecule has 0 saturated heterocycles. The molecule has 3 heterocycles. The molecule has 0 aliphatic carbocycles. The van der Waals surface area contributed by atoms with Crippen LogP contribution in [0.1, 0.15) is 5.82 Å². The minimum absolute atomic E-state index is 0.119. The Kier molecular flexibility index (Phi) is 3.86. The van der Waals surface area contributed by atoms with Crippen molar-refractivity contribution in [1.29, 1.82) is 0 Å². The van der Waals surface area contributed by atoms with E-state index < -0.39 is 12.0 Å². The highest BCUT2D eigenvalue weighted by Crippen LogP contribution is 2.36.